The molecule has 0 aliphatic heterocycles. The molecule has 0 saturated heterocycles. The number of hydrogen-bond donors (Lipinski definition) is 3. The highest BCUT2D eigenvalue weighted by Gasteiger charge is 2.16. The Bertz CT molecular complexity index is 659. The molecule has 6 heteroatoms. The Labute approximate surface area is 139 Å². The quantitative estimate of drug-likeness (QED) is 0.552. The van der Waals surface area contributed by atoms with Crippen LogP contribution in [0.1, 0.15) is 12.5 Å². The molecule has 23 heavy (non-hydrogen) atoms. The van der Waals surface area contributed by atoms with Crippen LogP contribution in [0.25, 0.3) is 0 Å². The van der Waals surface area contributed by atoms with Crippen molar-refractivity contribution in [1.82, 2.24) is 0 Å². The van der Waals surface area contributed by atoms with E-state index in [2.05, 4.69) is 5.32 Å². The lowest BCUT2D eigenvalue weighted by Crippen LogP contribution is -2.45. The summed E-state index contributed by atoms with van der Waals surface area (Å²) in [7, 11) is 0. The van der Waals surface area contributed by atoms with E-state index in [9.17, 15) is 4.79 Å². The van der Waals surface area contributed by atoms with Crippen LogP contribution in [-0.2, 0) is 11.4 Å². The van der Waals surface area contributed by atoms with Gasteiger partial charge in [0.25, 0.3) is 0 Å². The minimum atomic E-state index is -0.353. The van der Waals surface area contributed by atoms with Gasteiger partial charge in [-0.15, -0.1) is 0 Å². The van der Waals surface area contributed by atoms with Crippen molar-refractivity contribution >= 4 is 28.5 Å². The van der Waals surface area contributed by atoms with Gasteiger partial charge < -0.3 is 10.1 Å². The van der Waals surface area contributed by atoms with Crippen LogP contribution in [0.3, 0.4) is 0 Å². The predicted octanol–water partition coefficient (Wildman–Crippen LogP) is 1.40. The lowest BCUT2D eigenvalue weighted by atomic mass is 10.2. The molecular weight excluding hydrogens is 310 g/mol. The van der Waals surface area contributed by atoms with Crippen LogP contribution in [-0.4, -0.2) is 16.3 Å². The standard InChI is InChI=1S/C17H19N3O2S/c1-12(23-17(18)19)16(21)20-14-7-9-15(10-8-14)22-11-13-5-3-2-4-6-13/h2-10,12H,11H2,1H3,(H3,18,19)(H,20,21)/p+1. The summed E-state index contributed by atoms with van der Waals surface area (Å²) in [5.74, 6) is 0.593. The van der Waals surface area contributed by atoms with Crippen LogP contribution < -0.4 is 21.2 Å². The third-order valence-corrected chi connectivity index (χ3v) is 3.89. The molecule has 1 amide bonds. The van der Waals surface area contributed by atoms with Crippen molar-refractivity contribution in [2.45, 2.75) is 18.8 Å². The van der Waals surface area contributed by atoms with Crippen molar-refractivity contribution in [2.24, 2.45) is 5.73 Å². The summed E-state index contributed by atoms with van der Waals surface area (Å²) in [6.45, 7) is 2.25. The molecule has 120 valence electrons. The minimum absolute atomic E-state index is 0.152. The van der Waals surface area contributed by atoms with E-state index in [1.54, 1.807) is 19.1 Å². The summed E-state index contributed by atoms with van der Waals surface area (Å²) in [4.78, 5) is 12.0. The van der Waals surface area contributed by atoms with Crippen LogP contribution in [0.4, 0.5) is 5.69 Å². The fourth-order valence-electron chi connectivity index (χ4n) is 1.88. The molecule has 2 aromatic carbocycles. The second-order valence-corrected chi connectivity index (χ2v) is 6.36. The van der Waals surface area contributed by atoms with Crippen molar-refractivity contribution in [3.63, 3.8) is 0 Å². The number of rotatable bonds is 6. The normalized spacial score (nSPS) is 11.5. The zero-order valence-electron chi connectivity index (χ0n) is 12.9. The molecule has 0 radical (unpaired) electrons. The van der Waals surface area contributed by atoms with E-state index in [0.29, 0.717) is 12.3 Å². The number of amides is 1. The van der Waals surface area contributed by atoms with Crippen molar-refractivity contribution in [2.75, 3.05) is 5.32 Å². The Kier molecular flexibility index (Phi) is 6.05. The van der Waals surface area contributed by atoms with Gasteiger partial charge in [0.1, 0.15) is 12.4 Å². The molecule has 0 fully saturated rings. The van der Waals surface area contributed by atoms with E-state index >= 15 is 0 Å². The van der Waals surface area contributed by atoms with Crippen molar-refractivity contribution < 1.29 is 14.9 Å². The van der Waals surface area contributed by atoms with Crippen molar-refractivity contribution in [1.29, 1.82) is 0 Å². The van der Waals surface area contributed by atoms with E-state index in [1.165, 1.54) is 0 Å². The lowest BCUT2D eigenvalue weighted by Gasteiger charge is -2.11. The Balaban J connectivity index is 1.87. The maximum Gasteiger partial charge on any atom is 0.300 e. The van der Waals surface area contributed by atoms with Gasteiger partial charge in [-0.25, -0.2) is 0 Å². The van der Waals surface area contributed by atoms with Gasteiger partial charge in [-0.1, -0.05) is 30.3 Å². The summed E-state index contributed by atoms with van der Waals surface area (Å²) in [6, 6.07) is 17.2. The number of carbonyl (C=O) groups excluding carboxylic acids is 1. The first kappa shape index (κ1) is 16.9. The number of carbonyl (C=O) groups is 1. The van der Waals surface area contributed by atoms with Gasteiger partial charge in [-0.3, -0.25) is 15.9 Å². The van der Waals surface area contributed by atoms with Gasteiger partial charge in [-0.2, -0.15) is 0 Å². The van der Waals surface area contributed by atoms with E-state index in [4.69, 9.17) is 15.9 Å². The van der Waals surface area contributed by atoms with Crippen LogP contribution in [0.5, 0.6) is 5.75 Å². The molecule has 5 nitrogen and oxygen atoms in total. The first-order chi connectivity index (χ1) is 11.0. The van der Waals surface area contributed by atoms with Gasteiger partial charge in [0.05, 0.1) is 5.25 Å². The molecule has 0 aliphatic rings. The lowest BCUT2D eigenvalue weighted by molar-refractivity contribution is -0.116. The summed E-state index contributed by atoms with van der Waals surface area (Å²) in [5, 5.41) is 8.02. The number of nitrogens with one attached hydrogen (secondary N) is 1. The zero-order chi connectivity index (χ0) is 16.7. The smallest absolute Gasteiger partial charge is 0.300 e. The van der Waals surface area contributed by atoms with Gasteiger partial charge in [0, 0.05) is 5.69 Å². The zero-order valence-corrected chi connectivity index (χ0v) is 13.7. The Morgan fingerprint density at radius 2 is 1.87 bits per heavy atom. The average molecular weight is 330 g/mol. The third kappa shape index (κ3) is 5.67. The highest BCUT2D eigenvalue weighted by atomic mass is 32.2. The number of amidine groups is 1. The second kappa shape index (κ2) is 8.24. The van der Waals surface area contributed by atoms with Gasteiger partial charge in [-0.05, 0) is 48.5 Å². The molecule has 1 unspecified atom stereocenters. The highest BCUT2D eigenvalue weighted by Crippen LogP contribution is 2.18. The molecule has 0 bridgehead atoms. The van der Waals surface area contributed by atoms with E-state index in [-0.39, 0.29) is 16.3 Å². The summed E-state index contributed by atoms with van der Waals surface area (Å²) in [5.41, 5.74) is 7.19. The molecule has 0 saturated carbocycles. The Hall–Kier alpha value is -2.47. The molecule has 1 atom stereocenters. The third-order valence-electron chi connectivity index (χ3n) is 3.05. The highest BCUT2D eigenvalue weighted by molar-refractivity contribution is 8.14. The van der Waals surface area contributed by atoms with Crippen LogP contribution in [0.2, 0.25) is 0 Å². The Morgan fingerprint density at radius 3 is 2.48 bits per heavy atom. The molecule has 0 aliphatic carbocycles. The first-order valence-electron chi connectivity index (χ1n) is 7.17. The van der Waals surface area contributed by atoms with E-state index < -0.39 is 0 Å². The number of thioether (sulfide) groups is 1. The monoisotopic (exact) mass is 330 g/mol. The number of nitrogens with two attached hydrogens (primary N) is 2. The minimum Gasteiger partial charge on any atom is -0.489 e. The molecule has 5 N–H and O–H groups in total. The molecule has 2 aromatic rings. The average Bonchev–Trinajstić information content (AvgIpc) is 2.54. The SMILES string of the molecule is CC(SC(N)=[NH2+])C(=O)Nc1ccc(OCc2ccccc2)cc1. The van der Waals surface area contributed by atoms with Crippen LogP contribution >= 0.6 is 11.8 Å². The number of benzene rings is 2. The molecule has 0 spiro atoms. The van der Waals surface area contributed by atoms with Crippen molar-refractivity contribution in [3.8, 4) is 5.75 Å². The van der Waals surface area contributed by atoms with E-state index in [0.717, 1.165) is 23.1 Å². The maximum atomic E-state index is 12.0. The number of hydrogen-bond acceptors (Lipinski definition) is 3. The number of anilines is 1. The molecule has 2 rings (SSSR count). The van der Waals surface area contributed by atoms with Crippen LogP contribution in [0.15, 0.2) is 54.6 Å². The van der Waals surface area contributed by atoms with E-state index in [1.807, 2.05) is 42.5 Å². The van der Waals surface area contributed by atoms with Crippen molar-refractivity contribution in [3.05, 3.63) is 60.2 Å². The fraction of sp³-hybridized carbons (Fsp3) is 0.176. The maximum absolute atomic E-state index is 12.0. The van der Waals surface area contributed by atoms with Gasteiger partial charge in [0.2, 0.25) is 5.91 Å². The Morgan fingerprint density at radius 1 is 1.22 bits per heavy atom. The topological polar surface area (TPSA) is 89.9 Å². The number of ether oxygens (including phenoxy) is 1. The molecule has 0 heterocycles. The largest absolute Gasteiger partial charge is 0.489 e. The fourth-order valence-corrected chi connectivity index (χ4v) is 2.45. The van der Waals surface area contributed by atoms with Gasteiger partial charge >= 0.3 is 5.17 Å². The van der Waals surface area contributed by atoms with Crippen LogP contribution in [0, 0.1) is 0 Å². The summed E-state index contributed by atoms with van der Waals surface area (Å²) < 4.78 is 5.70. The molecule has 0 aromatic heterocycles. The first-order valence-corrected chi connectivity index (χ1v) is 8.05. The predicted molar refractivity (Wildman–Crippen MR) is 94.0 cm³/mol. The van der Waals surface area contributed by atoms with Gasteiger partial charge in [0.15, 0.2) is 0 Å². The summed E-state index contributed by atoms with van der Waals surface area (Å²) >= 11 is 1.13. The second-order valence-electron chi connectivity index (χ2n) is 4.95. The summed E-state index contributed by atoms with van der Waals surface area (Å²) in [6.07, 6.45) is 0. The molecular formula is C17H20N3O2S+.